The predicted molar refractivity (Wildman–Crippen MR) is 209 cm³/mol. The maximum Gasteiger partial charge on any atom is 0.408 e. The van der Waals surface area contributed by atoms with Gasteiger partial charge in [0.1, 0.15) is 63.7 Å². The van der Waals surface area contributed by atoms with E-state index in [-0.39, 0.29) is 36.6 Å². The zero-order chi connectivity index (χ0) is 40.1. The second-order valence-electron chi connectivity index (χ2n) is 16.7. The molecule has 56 heavy (non-hydrogen) atoms. The number of carbonyl (C=O) groups excluding carboxylic acids is 3. The maximum atomic E-state index is 14.7. The Hall–Kier alpha value is -4.21. The summed E-state index contributed by atoms with van der Waals surface area (Å²) in [4.78, 5) is 65.4. The van der Waals surface area contributed by atoms with Gasteiger partial charge < -0.3 is 39.6 Å². The van der Waals surface area contributed by atoms with Crippen molar-refractivity contribution in [2.24, 2.45) is 23.2 Å². The minimum atomic E-state index is -1.41. The van der Waals surface area contributed by atoms with Gasteiger partial charge in [-0.25, -0.2) is 19.6 Å². The Balaban J connectivity index is 1.20. The first-order valence-electron chi connectivity index (χ1n) is 19.3. The van der Waals surface area contributed by atoms with E-state index in [1.165, 1.54) is 22.7 Å². The molecule has 14 nitrogen and oxygen atoms in total. The van der Waals surface area contributed by atoms with Gasteiger partial charge in [0.25, 0.3) is 0 Å². The lowest BCUT2D eigenvalue weighted by molar-refractivity contribution is -0.146. The van der Waals surface area contributed by atoms with E-state index in [0.717, 1.165) is 18.5 Å². The minimum Gasteiger partial charge on any atom is -0.490 e. The number of methoxy groups -OCH3 is 1. The molecular formula is C40H50ClN5O9S. The molecule has 0 bridgehead atoms. The van der Waals surface area contributed by atoms with Crippen LogP contribution < -0.4 is 20.1 Å². The number of benzene rings is 1. The van der Waals surface area contributed by atoms with Crippen molar-refractivity contribution in [1.82, 2.24) is 25.5 Å². The van der Waals surface area contributed by atoms with Crippen LogP contribution in [0.15, 0.2) is 23.6 Å². The lowest BCUT2D eigenvalue weighted by Crippen LogP contribution is -2.59. The van der Waals surface area contributed by atoms with E-state index in [9.17, 15) is 24.3 Å². The smallest absolute Gasteiger partial charge is 0.408 e. The first kappa shape index (κ1) is 40.0. The molecule has 4 aliphatic rings. The highest BCUT2D eigenvalue weighted by Crippen LogP contribution is 2.52. The number of likely N-dealkylation sites (tertiary alicyclic amines) is 1. The molecule has 2 aromatic heterocycles. The molecule has 16 heteroatoms. The number of carboxylic acids is 1. The molecule has 1 saturated heterocycles. The first-order chi connectivity index (χ1) is 26.6. The average molecular weight is 812 g/mol. The van der Waals surface area contributed by atoms with Gasteiger partial charge in [-0.05, 0) is 67.9 Å². The fourth-order valence-corrected chi connectivity index (χ4v) is 9.27. The number of nitrogens with zero attached hydrogens (tertiary/aromatic N) is 3. The molecule has 1 aliphatic heterocycles. The number of rotatable bonds is 14. The third-order valence-corrected chi connectivity index (χ3v) is 12.9. The summed E-state index contributed by atoms with van der Waals surface area (Å²) in [5.41, 5.74) is -0.433. The van der Waals surface area contributed by atoms with Gasteiger partial charge in [0.2, 0.25) is 11.8 Å². The number of nitrogens with one attached hydrogen (secondary N) is 2. The van der Waals surface area contributed by atoms with Gasteiger partial charge in [0.15, 0.2) is 0 Å². The standard InChI is InChI=1S/C40H50ClN5O9S/c1-7-23-17-40(23,37(49)50)45-34(47)28-15-25(18-46(28)36(48)33(39(3,4)5)44-38(51)55-24-13-21-12-22(21)14-24)54-30-16-27(35-42-20(2)19-56-35)43-32-26(30)8-9-29(31(32)41)53-11-10-52-6/h8-9,16,19,21-25,28,33H,7,10-15,17-18H2,1-6H3,(H,44,51)(H,45,47)(H,49,50)/t21-,22+,23-,24?,25-,28+,33-,40-/m1/s1. The highest BCUT2D eigenvalue weighted by Gasteiger charge is 2.61. The van der Waals surface area contributed by atoms with Crippen molar-refractivity contribution in [3.05, 3.63) is 34.3 Å². The second-order valence-corrected chi connectivity index (χ2v) is 17.9. The number of carboxylic acid groups (broad SMARTS) is 1. The van der Waals surface area contributed by atoms with E-state index in [1.54, 1.807) is 25.3 Å². The molecule has 0 radical (unpaired) electrons. The first-order valence-corrected chi connectivity index (χ1v) is 20.5. The Labute approximate surface area is 335 Å². The van der Waals surface area contributed by atoms with Crippen molar-refractivity contribution in [2.45, 2.75) is 103 Å². The van der Waals surface area contributed by atoms with E-state index in [0.29, 0.717) is 64.4 Å². The summed E-state index contributed by atoms with van der Waals surface area (Å²) in [5, 5.41) is 19.2. The van der Waals surface area contributed by atoms with Crippen molar-refractivity contribution in [2.75, 3.05) is 26.9 Å². The van der Waals surface area contributed by atoms with Crippen molar-refractivity contribution in [3.8, 4) is 22.2 Å². The van der Waals surface area contributed by atoms with E-state index >= 15 is 0 Å². The number of hydrogen-bond acceptors (Lipinski definition) is 11. The number of thiazole rings is 1. The summed E-state index contributed by atoms with van der Waals surface area (Å²) in [5.74, 6) is -0.408. The average Bonchev–Trinajstić information content (AvgIpc) is 3.83. The summed E-state index contributed by atoms with van der Waals surface area (Å²) in [6.45, 7) is 9.87. The summed E-state index contributed by atoms with van der Waals surface area (Å²) >= 11 is 8.32. The SMILES string of the molecule is CC[C@@H]1C[C@]1(NC(=O)[C@@H]1C[C@@H](Oc2cc(-c3nc(C)cs3)nc3c(Cl)c(OCCOC)ccc23)CN1C(=O)[C@@H](NC(=O)OC1C[C@@H]2C[C@@H]2C1)C(C)(C)C)C(=O)O. The Bertz CT molecular complexity index is 2010. The molecule has 1 aromatic carbocycles. The molecule has 4 fully saturated rings. The zero-order valence-electron chi connectivity index (χ0n) is 32.6. The lowest BCUT2D eigenvalue weighted by atomic mass is 9.85. The lowest BCUT2D eigenvalue weighted by Gasteiger charge is -2.35. The molecule has 7 rings (SSSR count). The largest absolute Gasteiger partial charge is 0.490 e. The number of ether oxygens (including phenoxy) is 4. The van der Waals surface area contributed by atoms with Crippen LogP contribution in [0.2, 0.25) is 5.02 Å². The zero-order valence-corrected chi connectivity index (χ0v) is 34.1. The predicted octanol–water partition coefficient (Wildman–Crippen LogP) is 6.00. The molecule has 3 N–H and O–H groups in total. The van der Waals surface area contributed by atoms with Crippen LogP contribution >= 0.6 is 22.9 Å². The number of hydrogen-bond donors (Lipinski definition) is 3. The van der Waals surface area contributed by atoms with Crippen LogP contribution in [0.25, 0.3) is 21.6 Å². The number of aromatic nitrogens is 2. The fourth-order valence-electron chi connectivity index (χ4n) is 8.26. The van der Waals surface area contributed by atoms with Crippen LogP contribution in [0.5, 0.6) is 11.5 Å². The highest BCUT2D eigenvalue weighted by atomic mass is 35.5. The third-order valence-electron chi connectivity index (χ3n) is 11.5. The number of fused-ring (bicyclic) bond motifs is 2. The molecule has 3 amide bonds. The Morgan fingerprint density at radius 2 is 1.82 bits per heavy atom. The summed E-state index contributed by atoms with van der Waals surface area (Å²) < 4.78 is 23.5. The third kappa shape index (κ3) is 8.12. The fraction of sp³-hybridized carbons (Fsp3) is 0.600. The second kappa shape index (κ2) is 15.6. The van der Waals surface area contributed by atoms with Gasteiger partial charge in [-0.2, -0.15) is 0 Å². The summed E-state index contributed by atoms with van der Waals surface area (Å²) in [6.07, 6.45) is 2.16. The molecule has 1 unspecified atom stereocenters. The van der Waals surface area contributed by atoms with E-state index in [4.69, 9.17) is 35.5 Å². The molecule has 3 aliphatic carbocycles. The Kier molecular flexibility index (Phi) is 11.2. The van der Waals surface area contributed by atoms with Gasteiger partial charge in [0.05, 0.1) is 18.7 Å². The van der Waals surface area contributed by atoms with Crippen LogP contribution in [-0.2, 0) is 23.9 Å². The van der Waals surface area contributed by atoms with Gasteiger partial charge in [-0.3, -0.25) is 9.59 Å². The van der Waals surface area contributed by atoms with Crippen molar-refractivity contribution >= 4 is 57.7 Å². The van der Waals surface area contributed by atoms with Crippen LogP contribution in [0.4, 0.5) is 4.79 Å². The van der Waals surface area contributed by atoms with Crippen molar-refractivity contribution in [1.29, 1.82) is 0 Å². The molecule has 3 aromatic rings. The van der Waals surface area contributed by atoms with Gasteiger partial charge in [-0.15, -0.1) is 11.3 Å². The van der Waals surface area contributed by atoms with E-state index in [2.05, 4.69) is 15.6 Å². The molecular weight excluding hydrogens is 762 g/mol. The van der Waals surface area contributed by atoms with Crippen LogP contribution in [-0.4, -0.2) is 101 Å². The quantitative estimate of drug-likeness (QED) is 0.163. The van der Waals surface area contributed by atoms with Crippen LogP contribution in [0, 0.1) is 30.1 Å². The topological polar surface area (TPSA) is 179 Å². The maximum absolute atomic E-state index is 14.7. The summed E-state index contributed by atoms with van der Waals surface area (Å²) in [6, 6.07) is 3.12. The molecule has 3 saturated carbocycles. The number of pyridine rings is 1. The van der Waals surface area contributed by atoms with Crippen molar-refractivity contribution in [3.63, 3.8) is 0 Å². The molecule has 3 heterocycles. The summed E-state index contributed by atoms with van der Waals surface area (Å²) in [7, 11) is 1.58. The van der Waals surface area contributed by atoms with Crippen LogP contribution in [0.1, 0.15) is 71.9 Å². The Morgan fingerprint density at radius 3 is 2.45 bits per heavy atom. The molecule has 8 atom stereocenters. The highest BCUT2D eigenvalue weighted by molar-refractivity contribution is 7.13. The monoisotopic (exact) mass is 811 g/mol. The normalized spacial score (nSPS) is 27.0. The van der Waals surface area contributed by atoms with Crippen LogP contribution in [0.3, 0.4) is 0 Å². The van der Waals surface area contributed by atoms with E-state index in [1.807, 2.05) is 40.0 Å². The number of aryl methyl sites for hydroxylation is 1. The number of halogens is 1. The van der Waals surface area contributed by atoms with Gasteiger partial charge in [-0.1, -0.05) is 45.7 Å². The number of amides is 3. The van der Waals surface area contributed by atoms with E-state index < -0.39 is 53.0 Å². The minimum absolute atomic E-state index is 0.0229. The molecule has 302 valence electrons. The van der Waals surface area contributed by atoms with Gasteiger partial charge in [0, 0.05) is 36.1 Å². The molecule has 0 spiro atoms. The number of carbonyl (C=O) groups is 4. The Morgan fingerprint density at radius 1 is 1.07 bits per heavy atom. The number of alkyl carbamates (subject to hydrolysis) is 1. The van der Waals surface area contributed by atoms with Crippen molar-refractivity contribution < 1.29 is 43.2 Å². The van der Waals surface area contributed by atoms with Gasteiger partial charge >= 0.3 is 12.1 Å². The number of aliphatic carboxylic acids is 1.